The predicted molar refractivity (Wildman–Crippen MR) is 146 cm³/mol. The third kappa shape index (κ3) is 10.5. The van der Waals surface area contributed by atoms with Crippen molar-refractivity contribution < 1.29 is 38.7 Å². The van der Waals surface area contributed by atoms with E-state index in [1.807, 2.05) is 83.1 Å². The highest BCUT2D eigenvalue weighted by molar-refractivity contribution is 5.70. The molecule has 0 radical (unpaired) electrons. The van der Waals surface area contributed by atoms with Gasteiger partial charge >= 0.3 is 12.2 Å². The molecule has 0 bridgehead atoms. The number of aliphatic hydroxyl groups excluding tert-OH is 2. The number of ether oxygens (including phenoxy) is 4. The van der Waals surface area contributed by atoms with E-state index in [4.69, 9.17) is 18.9 Å². The van der Waals surface area contributed by atoms with Crippen LogP contribution >= 0.6 is 0 Å². The number of aliphatic hydroxyl groups is 2. The van der Waals surface area contributed by atoms with Crippen molar-refractivity contribution in [2.75, 3.05) is 13.2 Å². The molecule has 2 heterocycles. The molecule has 2 N–H and O–H groups in total. The molecule has 10 nitrogen and oxygen atoms in total. The van der Waals surface area contributed by atoms with Crippen molar-refractivity contribution in [1.29, 1.82) is 0 Å². The maximum atomic E-state index is 12.3. The minimum Gasteiger partial charge on any atom is -0.444 e. The van der Waals surface area contributed by atoms with Gasteiger partial charge in [-0.25, -0.2) is 9.59 Å². The molecule has 38 heavy (non-hydrogen) atoms. The molecule has 224 valence electrons. The Hall–Kier alpha value is -1.62. The number of carbonyl (C=O) groups excluding carboxylic acids is 2. The molecule has 0 saturated carbocycles. The Bertz CT molecular complexity index is 708. The fraction of sp³-hybridized carbons (Fsp3) is 0.929. The van der Waals surface area contributed by atoms with E-state index in [1.165, 1.54) is 0 Å². The average molecular weight is 547 g/mol. The van der Waals surface area contributed by atoms with Crippen LogP contribution in [0.5, 0.6) is 0 Å². The van der Waals surface area contributed by atoms with Crippen LogP contribution in [0, 0.1) is 0 Å². The van der Waals surface area contributed by atoms with E-state index in [0.717, 1.165) is 0 Å². The summed E-state index contributed by atoms with van der Waals surface area (Å²) >= 11 is 0. The zero-order chi connectivity index (χ0) is 29.7. The topological polar surface area (TPSA) is 118 Å². The lowest BCUT2D eigenvalue weighted by molar-refractivity contribution is -0.0649. The maximum Gasteiger partial charge on any atom is 0.412 e. The van der Waals surface area contributed by atoms with Gasteiger partial charge in [0.05, 0.1) is 37.5 Å². The zero-order valence-electron chi connectivity index (χ0n) is 25.8. The van der Waals surface area contributed by atoms with Gasteiger partial charge in [0.2, 0.25) is 0 Å². The fourth-order valence-corrected chi connectivity index (χ4v) is 4.44. The van der Waals surface area contributed by atoms with Crippen molar-refractivity contribution in [2.45, 2.75) is 156 Å². The van der Waals surface area contributed by atoms with Crippen LogP contribution in [0.15, 0.2) is 0 Å². The van der Waals surface area contributed by atoms with Crippen molar-refractivity contribution >= 4 is 12.2 Å². The summed E-state index contributed by atoms with van der Waals surface area (Å²) in [5.41, 5.74) is -2.46. The van der Waals surface area contributed by atoms with Gasteiger partial charge in [-0.05, 0) is 94.9 Å². The van der Waals surface area contributed by atoms with Crippen LogP contribution in [-0.2, 0) is 18.9 Å². The van der Waals surface area contributed by atoms with E-state index in [2.05, 4.69) is 0 Å². The molecule has 0 unspecified atom stereocenters. The monoisotopic (exact) mass is 546 g/mol. The normalized spacial score (nSPS) is 24.4. The molecular weight excluding hydrogens is 492 g/mol. The molecule has 2 aliphatic rings. The molecule has 0 aromatic carbocycles. The highest BCUT2D eigenvalue weighted by Gasteiger charge is 2.47. The number of rotatable bonds is 6. The highest BCUT2D eigenvalue weighted by Crippen LogP contribution is 2.33. The standard InChI is InChI=1S/2C14H27NO4/c2*1-7-11(16)8-10-9-18-14(5,6)15(10)12(17)19-13(2,3)4/h2*10-11,16H,7-9H2,1-6H3/t10-,11+;10-,11-/m00/s1. The molecule has 0 aliphatic carbocycles. The van der Waals surface area contributed by atoms with Gasteiger partial charge in [0.1, 0.15) is 22.7 Å². The first-order valence-electron chi connectivity index (χ1n) is 13.8. The Morgan fingerprint density at radius 1 is 0.763 bits per heavy atom. The number of amides is 2. The Labute approximate surface area is 229 Å². The second-order valence-corrected chi connectivity index (χ2v) is 13.1. The molecule has 0 aromatic rings. The lowest BCUT2D eigenvalue weighted by atomic mass is 10.1. The van der Waals surface area contributed by atoms with Crippen LogP contribution in [0.3, 0.4) is 0 Å². The van der Waals surface area contributed by atoms with Crippen LogP contribution in [0.1, 0.15) is 109 Å². The van der Waals surface area contributed by atoms with E-state index in [-0.39, 0.29) is 24.3 Å². The summed E-state index contributed by atoms with van der Waals surface area (Å²) in [4.78, 5) is 27.8. The molecule has 2 rings (SSSR count). The Morgan fingerprint density at radius 3 is 1.29 bits per heavy atom. The summed E-state index contributed by atoms with van der Waals surface area (Å²) in [7, 11) is 0. The van der Waals surface area contributed by atoms with Gasteiger partial charge in [-0.2, -0.15) is 0 Å². The van der Waals surface area contributed by atoms with Gasteiger partial charge in [0, 0.05) is 0 Å². The number of nitrogens with zero attached hydrogens (tertiary/aromatic N) is 2. The number of carbonyl (C=O) groups is 2. The van der Waals surface area contributed by atoms with Gasteiger partial charge in [0.25, 0.3) is 0 Å². The first kappa shape index (κ1) is 34.4. The molecule has 0 spiro atoms. The lowest BCUT2D eigenvalue weighted by Gasteiger charge is -2.35. The minimum atomic E-state index is -0.694. The summed E-state index contributed by atoms with van der Waals surface area (Å²) < 4.78 is 22.2. The smallest absolute Gasteiger partial charge is 0.412 e. The van der Waals surface area contributed by atoms with Gasteiger partial charge < -0.3 is 29.2 Å². The molecule has 2 saturated heterocycles. The second kappa shape index (κ2) is 13.2. The number of hydrogen-bond acceptors (Lipinski definition) is 8. The quantitative estimate of drug-likeness (QED) is 0.476. The van der Waals surface area contributed by atoms with Crippen molar-refractivity contribution in [2.24, 2.45) is 0 Å². The first-order chi connectivity index (χ1) is 17.1. The van der Waals surface area contributed by atoms with Gasteiger partial charge in [-0.15, -0.1) is 0 Å². The maximum absolute atomic E-state index is 12.3. The summed E-state index contributed by atoms with van der Waals surface area (Å²) in [5, 5.41) is 19.6. The van der Waals surface area contributed by atoms with E-state index < -0.39 is 34.9 Å². The summed E-state index contributed by atoms with van der Waals surface area (Å²) in [6.45, 7) is 23.1. The van der Waals surface area contributed by atoms with Crippen molar-refractivity contribution in [1.82, 2.24) is 9.80 Å². The van der Waals surface area contributed by atoms with Crippen LogP contribution in [-0.4, -0.2) is 92.4 Å². The number of hydrogen-bond donors (Lipinski definition) is 2. The van der Waals surface area contributed by atoms with Gasteiger partial charge in [0.15, 0.2) is 0 Å². The van der Waals surface area contributed by atoms with Crippen molar-refractivity contribution in [3.8, 4) is 0 Å². The molecule has 10 heteroatoms. The molecular formula is C28H54N2O8. The molecule has 0 aromatic heterocycles. The molecule has 4 atom stereocenters. The summed E-state index contributed by atoms with van der Waals surface area (Å²) in [6, 6.07) is -0.278. The average Bonchev–Trinajstić information content (AvgIpc) is 3.19. The van der Waals surface area contributed by atoms with Gasteiger partial charge in [-0.1, -0.05) is 13.8 Å². The third-order valence-corrected chi connectivity index (χ3v) is 6.36. The first-order valence-corrected chi connectivity index (χ1v) is 13.8. The third-order valence-electron chi connectivity index (χ3n) is 6.36. The Morgan fingerprint density at radius 2 is 1.05 bits per heavy atom. The Kier molecular flexibility index (Phi) is 11.9. The van der Waals surface area contributed by atoms with Gasteiger partial charge in [-0.3, -0.25) is 9.80 Å². The summed E-state index contributed by atoms with van der Waals surface area (Å²) in [5.74, 6) is 0. The van der Waals surface area contributed by atoms with Crippen molar-refractivity contribution in [3.63, 3.8) is 0 Å². The lowest BCUT2D eigenvalue weighted by Crippen LogP contribution is -2.50. The molecule has 2 aliphatic heterocycles. The largest absolute Gasteiger partial charge is 0.444 e. The van der Waals surface area contributed by atoms with E-state index >= 15 is 0 Å². The van der Waals surface area contributed by atoms with E-state index in [1.54, 1.807) is 9.80 Å². The minimum absolute atomic E-state index is 0.139. The zero-order valence-corrected chi connectivity index (χ0v) is 25.8. The van der Waals surface area contributed by atoms with Crippen LogP contribution < -0.4 is 0 Å². The SMILES string of the molecule is CC[C@@H](O)C[C@H]1COC(C)(C)N1C(=O)OC(C)(C)C.CC[C@H](O)C[C@H]1COC(C)(C)N1C(=O)OC(C)(C)C. The highest BCUT2D eigenvalue weighted by atomic mass is 16.6. The Balaban J connectivity index is 0.000000380. The summed E-state index contributed by atoms with van der Waals surface area (Å²) in [6.07, 6.45) is 0.739. The second-order valence-electron chi connectivity index (χ2n) is 13.1. The van der Waals surface area contributed by atoms with Crippen LogP contribution in [0.2, 0.25) is 0 Å². The van der Waals surface area contributed by atoms with Crippen LogP contribution in [0.25, 0.3) is 0 Å². The van der Waals surface area contributed by atoms with E-state index in [9.17, 15) is 19.8 Å². The molecule has 2 fully saturated rings. The predicted octanol–water partition coefficient (Wildman–Crippen LogP) is 5.04. The van der Waals surface area contributed by atoms with Crippen LogP contribution in [0.4, 0.5) is 9.59 Å². The van der Waals surface area contributed by atoms with Crippen molar-refractivity contribution in [3.05, 3.63) is 0 Å². The fourth-order valence-electron chi connectivity index (χ4n) is 4.44. The van der Waals surface area contributed by atoms with E-state index in [0.29, 0.717) is 38.9 Å². The molecule has 2 amide bonds.